The van der Waals surface area contributed by atoms with Gasteiger partial charge in [0.1, 0.15) is 5.82 Å². The SMILES string of the molecule is Cn1nc(CCN)cc1-c1ccc(F)c(Cl)c1. The second-order valence-corrected chi connectivity index (χ2v) is 4.22. The summed E-state index contributed by atoms with van der Waals surface area (Å²) in [6.07, 6.45) is 0.725. The zero-order valence-corrected chi connectivity index (χ0v) is 10.2. The van der Waals surface area contributed by atoms with E-state index in [1.165, 1.54) is 6.07 Å². The maximum absolute atomic E-state index is 13.1. The highest BCUT2D eigenvalue weighted by Crippen LogP contribution is 2.25. The number of nitrogens with two attached hydrogens (primary N) is 1. The second kappa shape index (κ2) is 4.85. The number of aryl methyl sites for hydroxylation is 1. The Morgan fingerprint density at radius 2 is 2.18 bits per heavy atom. The van der Waals surface area contributed by atoms with Gasteiger partial charge in [-0.15, -0.1) is 0 Å². The van der Waals surface area contributed by atoms with Gasteiger partial charge in [-0.1, -0.05) is 11.6 Å². The molecule has 0 saturated heterocycles. The van der Waals surface area contributed by atoms with Gasteiger partial charge in [-0.3, -0.25) is 4.68 Å². The lowest BCUT2D eigenvalue weighted by atomic mass is 10.1. The smallest absolute Gasteiger partial charge is 0.141 e. The number of hydrogen-bond acceptors (Lipinski definition) is 2. The molecule has 1 aromatic heterocycles. The summed E-state index contributed by atoms with van der Waals surface area (Å²) in [5, 5.41) is 4.44. The van der Waals surface area contributed by atoms with Gasteiger partial charge in [0.05, 0.1) is 16.4 Å². The van der Waals surface area contributed by atoms with Crippen LogP contribution < -0.4 is 5.73 Å². The van der Waals surface area contributed by atoms with Crippen LogP contribution in [0.4, 0.5) is 4.39 Å². The van der Waals surface area contributed by atoms with Crippen LogP contribution in [-0.2, 0) is 13.5 Å². The Kier molecular flexibility index (Phi) is 3.45. The third-order valence-electron chi connectivity index (χ3n) is 2.55. The maximum atomic E-state index is 13.1. The first-order valence-corrected chi connectivity index (χ1v) is 5.68. The van der Waals surface area contributed by atoms with Crippen molar-refractivity contribution >= 4 is 11.6 Å². The molecular formula is C12H13ClFN3. The first-order chi connectivity index (χ1) is 8.11. The van der Waals surface area contributed by atoms with Crippen molar-refractivity contribution in [2.45, 2.75) is 6.42 Å². The lowest BCUT2D eigenvalue weighted by molar-refractivity contribution is 0.628. The highest BCUT2D eigenvalue weighted by atomic mass is 35.5. The number of aromatic nitrogens is 2. The van der Waals surface area contributed by atoms with Crippen LogP contribution in [0.15, 0.2) is 24.3 Å². The van der Waals surface area contributed by atoms with E-state index in [2.05, 4.69) is 5.10 Å². The molecule has 0 bridgehead atoms. The molecule has 1 heterocycles. The van der Waals surface area contributed by atoms with Gasteiger partial charge in [0, 0.05) is 19.0 Å². The van der Waals surface area contributed by atoms with E-state index in [0.29, 0.717) is 6.54 Å². The summed E-state index contributed by atoms with van der Waals surface area (Å²) in [5.74, 6) is -0.417. The van der Waals surface area contributed by atoms with Gasteiger partial charge in [-0.25, -0.2) is 4.39 Å². The lowest BCUT2D eigenvalue weighted by Gasteiger charge is -2.02. The van der Waals surface area contributed by atoms with Crippen molar-refractivity contribution in [3.05, 3.63) is 40.8 Å². The van der Waals surface area contributed by atoms with Gasteiger partial charge in [-0.2, -0.15) is 5.10 Å². The molecule has 2 N–H and O–H groups in total. The van der Waals surface area contributed by atoms with E-state index in [1.807, 2.05) is 13.1 Å². The van der Waals surface area contributed by atoms with Crippen molar-refractivity contribution < 1.29 is 4.39 Å². The molecule has 5 heteroatoms. The van der Waals surface area contributed by atoms with E-state index in [0.717, 1.165) is 23.4 Å². The molecule has 1 aromatic carbocycles. The summed E-state index contributed by atoms with van der Waals surface area (Å²) in [7, 11) is 1.84. The average molecular weight is 254 g/mol. The predicted molar refractivity (Wildman–Crippen MR) is 66.4 cm³/mol. The Labute approximate surface area is 104 Å². The molecule has 0 fully saturated rings. The van der Waals surface area contributed by atoms with Crippen LogP contribution in [0.5, 0.6) is 0 Å². The normalized spacial score (nSPS) is 10.8. The minimum Gasteiger partial charge on any atom is -0.330 e. The number of halogens is 2. The molecule has 0 aliphatic heterocycles. The predicted octanol–water partition coefficient (Wildman–Crippen LogP) is 2.38. The molecule has 0 amide bonds. The monoisotopic (exact) mass is 253 g/mol. The van der Waals surface area contributed by atoms with E-state index in [9.17, 15) is 4.39 Å². The van der Waals surface area contributed by atoms with Gasteiger partial charge in [0.25, 0.3) is 0 Å². The average Bonchev–Trinajstić information content (AvgIpc) is 2.64. The molecule has 90 valence electrons. The first-order valence-electron chi connectivity index (χ1n) is 5.30. The fraction of sp³-hybridized carbons (Fsp3) is 0.250. The molecule has 0 spiro atoms. The van der Waals surface area contributed by atoms with Crippen LogP contribution in [0.3, 0.4) is 0 Å². The Balaban J connectivity index is 2.41. The minimum atomic E-state index is -0.417. The van der Waals surface area contributed by atoms with E-state index in [4.69, 9.17) is 17.3 Å². The topological polar surface area (TPSA) is 43.8 Å². The maximum Gasteiger partial charge on any atom is 0.141 e. The molecule has 17 heavy (non-hydrogen) atoms. The Morgan fingerprint density at radius 3 is 2.82 bits per heavy atom. The molecule has 0 unspecified atom stereocenters. The van der Waals surface area contributed by atoms with Crippen molar-refractivity contribution in [1.82, 2.24) is 9.78 Å². The van der Waals surface area contributed by atoms with Crippen molar-refractivity contribution in [2.24, 2.45) is 12.8 Å². The Bertz CT molecular complexity index is 537. The number of hydrogen-bond donors (Lipinski definition) is 1. The summed E-state index contributed by atoms with van der Waals surface area (Å²) >= 11 is 5.76. The summed E-state index contributed by atoms with van der Waals surface area (Å²) < 4.78 is 14.8. The molecule has 0 aliphatic rings. The van der Waals surface area contributed by atoms with Crippen LogP contribution >= 0.6 is 11.6 Å². The second-order valence-electron chi connectivity index (χ2n) is 3.81. The zero-order valence-electron chi connectivity index (χ0n) is 9.45. The Morgan fingerprint density at radius 1 is 1.41 bits per heavy atom. The van der Waals surface area contributed by atoms with Crippen LogP contribution in [-0.4, -0.2) is 16.3 Å². The van der Waals surface area contributed by atoms with Gasteiger partial charge < -0.3 is 5.73 Å². The zero-order chi connectivity index (χ0) is 12.4. The highest BCUT2D eigenvalue weighted by Gasteiger charge is 2.09. The number of nitrogens with zero attached hydrogens (tertiary/aromatic N) is 2. The van der Waals surface area contributed by atoms with E-state index >= 15 is 0 Å². The van der Waals surface area contributed by atoms with Crippen LogP contribution in [0, 0.1) is 5.82 Å². The van der Waals surface area contributed by atoms with E-state index in [-0.39, 0.29) is 5.02 Å². The summed E-state index contributed by atoms with van der Waals surface area (Å²) in [5.41, 5.74) is 8.15. The van der Waals surface area contributed by atoms with Crippen molar-refractivity contribution in [1.29, 1.82) is 0 Å². The number of rotatable bonds is 3. The number of benzene rings is 1. The van der Waals surface area contributed by atoms with Crippen molar-refractivity contribution in [2.75, 3.05) is 6.54 Å². The minimum absolute atomic E-state index is 0.115. The fourth-order valence-electron chi connectivity index (χ4n) is 1.72. The van der Waals surface area contributed by atoms with Crippen LogP contribution in [0.2, 0.25) is 5.02 Å². The molecule has 0 saturated carbocycles. The van der Waals surface area contributed by atoms with Crippen LogP contribution in [0.1, 0.15) is 5.69 Å². The third-order valence-corrected chi connectivity index (χ3v) is 2.84. The molecular weight excluding hydrogens is 241 g/mol. The van der Waals surface area contributed by atoms with Crippen molar-refractivity contribution in [3.63, 3.8) is 0 Å². The quantitative estimate of drug-likeness (QED) is 0.913. The van der Waals surface area contributed by atoms with E-state index in [1.54, 1.807) is 16.8 Å². The first kappa shape index (κ1) is 12.1. The molecule has 0 aliphatic carbocycles. The van der Waals surface area contributed by atoms with Crippen LogP contribution in [0.25, 0.3) is 11.3 Å². The highest BCUT2D eigenvalue weighted by molar-refractivity contribution is 6.31. The third kappa shape index (κ3) is 2.48. The molecule has 0 atom stereocenters. The lowest BCUT2D eigenvalue weighted by Crippen LogP contribution is -2.03. The molecule has 3 nitrogen and oxygen atoms in total. The van der Waals surface area contributed by atoms with E-state index < -0.39 is 5.82 Å². The van der Waals surface area contributed by atoms with Gasteiger partial charge in [-0.05, 0) is 30.8 Å². The summed E-state index contributed by atoms with van der Waals surface area (Å²) in [4.78, 5) is 0. The van der Waals surface area contributed by atoms with Gasteiger partial charge >= 0.3 is 0 Å². The van der Waals surface area contributed by atoms with Crippen molar-refractivity contribution in [3.8, 4) is 11.3 Å². The van der Waals surface area contributed by atoms with Gasteiger partial charge in [0.15, 0.2) is 0 Å². The molecule has 0 radical (unpaired) electrons. The fourth-order valence-corrected chi connectivity index (χ4v) is 1.90. The summed E-state index contributed by atoms with van der Waals surface area (Å²) in [6, 6.07) is 6.58. The summed E-state index contributed by atoms with van der Waals surface area (Å²) in [6.45, 7) is 0.556. The largest absolute Gasteiger partial charge is 0.330 e. The Hall–Kier alpha value is -1.39. The standard InChI is InChI=1S/C12H13ClFN3/c1-17-12(7-9(16-17)4-5-15)8-2-3-11(14)10(13)6-8/h2-3,6-7H,4-5,15H2,1H3. The van der Waals surface area contributed by atoms with Gasteiger partial charge in [0.2, 0.25) is 0 Å². The molecule has 2 rings (SSSR count). The molecule has 2 aromatic rings.